The lowest BCUT2D eigenvalue weighted by Gasteiger charge is -2.28. The Labute approximate surface area is 151 Å². The molecule has 2 amide bonds. The lowest BCUT2D eigenvalue weighted by Crippen LogP contribution is -2.42. The zero-order valence-corrected chi connectivity index (χ0v) is 14.2. The van der Waals surface area contributed by atoms with Crippen LogP contribution < -0.4 is 15.6 Å². The number of primary amides is 1. The highest BCUT2D eigenvalue weighted by Gasteiger charge is 2.37. The maximum atomic E-state index is 13.1. The molecule has 2 aromatic rings. The fourth-order valence-corrected chi connectivity index (χ4v) is 3.44. The van der Waals surface area contributed by atoms with Crippen LogP contribution in [0, 0.1) is 0 Å². The maximum Gasteiger partial charge on any atom is 0.274 e. The molecule has 0 saturated carbocycles. The summed E-state index contributed by atoms with van der Waals surface area (Å²) < 4.78 is 0. The van der Waals surface area contributed by atoms with E-state index in [9.17, 15) is 9.59 Å². The Balaban J connectivity index is 1.66. The first kappa shape index (κ1) is 16.3. The number of hydrogen-bond donors (Lipinski definition) is 1. The molecule has 7 nitrogen and oxygen atoms in total. The van der Waals surface area contributed by atoms with Crippen LogP contribution in [0.5, 0.6) is 0 Å². The minimum absolute atomic E-state index is 0.191. The standard InChI is InChI=1S/C19H19N5O2/c20-18(25)17-12-15(22-24(17)13-6-2-1-3-7-13)19(26)23-11-5-8-14-16(23)9-4-10-21-14/h1-4,6-7,9-10,17H,5,8,11-12H2,(H2,20,25). The number of anilines is 2. The van der Waals surface area contributed by atoms with Gasteiger partial charge >= 0.3 is 0 Å². The van der Waals surface area contributed by atoms with Crippen LogP contribution in [-0.4, -0.2) is 35.1 Å². The molecule has 0 spiro atoms. The lowest BCUT2D eigenvalue weighted by molar-refractivity contribution is -0.119. The van der Waals surface area contributed by atoms with Gasteiger partial charge in [-0.15, -0.1) is 0 Å². The summed E-state index contributed by atoms with van der Waals surface area (Å²) in [5, 5.41) is 5.99. The van der Waals surface area contributed by atoms with Gasteiger partial charge in [0.2, 0.25) is 5.91 Å². The van der Waals surface area contributed by atoms with E-state index in [4.69, 9.17) is 5.73 Å². The summed E-state index contributed by atoms with van der Waals surface area (Å²) in [5.74, 6) is -0.690. The van der Waals surface area contributed by atoms with E-state index in [0.29, 0.717) is 12.3 Å². The number of nitrogens with two attached hydrogens (primary N) is 1. The van der Waals surface area contributed by atoms with Crippen molar-refractivity contribution < 1.29 is 9.59 Å². The van der Waals surface area contributed by atoms with Crippen molar-refractivity contribution in [2.24, 2.45) is 10.8 Å². The Hall–Kier alpha value is -3.22. The summed E-state index contributed by atoms with van der Waals surface area (Å²) in [6.07, 6.45) is 3.65. The largest absolute Gasteiger partial charge is 0.368 e. The van der Waals surface area contributed by atoms with Gasteiger partial charge in [0.05, 0.1) is 17.1 Å². The van der Waals surface area contributed by atoms with Gasteiger partial charge in [-0.25, -0.2) is 0 Å². The highest BCUT2D eigenvalue weighted by Crippen LogP contribution is 2.28. The number of nitrogens with zero attached hydrogens (tertiary/aromatic N) is 4. The van der Waals surface area contributed by atoms with Crippen molar-refractivity contribution in [1.29, 1.82) is 0 Å². The third-order valence-electron chi connectivity index (χ3n) is 4.70. The molecule has 0 radical (unpaired) electrons. The molecule has 2 aliphatic heterocycles. The van der Waals surface area contributed by atoms with Crippen molar-refractivity contribution in [3.8, 4) is 0 Å². The fourth-order valence-electron chi connectivity index (χ4n) is 3.44. The molecule has 2 N–H and O–H groups in total. The predicted molar refractivity (Wildman–Crippen MR) is 98.9 cm³/mol. The fraction of sp³-hybridized carbons (Fsp3) is 0.263. The number of aryl methyl sites for hydroxylation is 1. The van der Waals surface area contributed by atoms with Gasteiger partial charge in [-0.2, -0.15) is 5.10 Å². The van der Waals surface area contributed by atoms with Crippen LogP contribution in [0.2, 0.25) is 0 Å². The van der Waals surface area contributed by atoms with E-state index in [1.807, 2.05) is 42.5 Å². The van der Waals surface area contributed by atoms with Gasteiger partial charge in [-0.1, -0.05) is 18.2 Å². The minimum atomic E-state index is -0.658. The molecule has 2 aliphatic rings. The number of carbonyl (C=O) groups is 2. The molecular weight excluding hydrogens is 330 g/mol. The van der Waals surface area contributed by atoms with Crippen LogP contribution >= 0.6 is 0 Å². The summed E-state index contributed by atoms with van der Waals surface area (Å²) >= 11 is 0. The molecule has 0 fully saturated rings. The van der Waals surface area contributed by atoms with Gasteiger partial charge in [-0.3, -0.25) is 19.6 Å². The smallest absolute Gasteiger partial charge is 0.274 e. The van der Waals surface area contributed by atoms with Gasteiger partial charge in [0.25, 0.3) is 5.91 Å². The van der Waals surface area contributed by atoms with Crippen LogP contribution in [0.1, 0.15) is 18.5 Å². The molecule has 1 atom stereocenters. The van der Waals surface area contributed by atoms with Crippen LogP contribution in [0.3, 0.4) is 0 Å². The summed E-state index contributed by atoms with van der Waals surface area (Å²) in [5.41, 5.74) is 8.37. The first-order valence-corrected chi connectivity index (χ1v) is 8.62. The Morgan fingerprint density at radius 3 is 2.69 bits per heavy atom. The molecule has 0 saturated heterocycles. The van der Waals surface area contributed by atoms with E-state index in [2.05, 4.69) is 10.1 Å². The van der Waals surface area contributed by atoms with Crippen molar-refractivity contribution in [1.82, 2.24) is 4.98 Å². The molecule has 0 aliphatic carbocycles. The molecule has 1 aromatic carbocycles. The van der Waals surface area contributed by atoms with Gasteiger partial charge < -0.3 is 10.6 Å². The molecule has 132 valence electrons. The second-order valence-corrected chi connectivity index (χ2v) is 6.38. The first-order valence-electron chi connectivity index (χ1n) is 8.62. The number of carbonyl (C=O) groups excluding carboxylic acids is 2. The Morgan fingerprint density at radius 2 is 1.92 bits per heavy atom. The lowest BCUT2D eigenvalue weighted by atomic mass is 10.0. The summed E-state index contributed by atoms with van der Waals surface area (Å²) in [6.45, 7) is 0.614. The third-order valence-corrected chi connectivity index (χ3v) is 4.70. The van der Waals surface area contributed by atoms with Gasteiger partial charge in [0.15, 0.2) is 0 Å². The zero-order chi connectivity index (χ0) is 18.1. The summed E-state index contributed by atoms with van der Waals surface area (Å²) in [4.78, 5) is 31.1. The van der Waals surface area contributed by atoms with Crippen LogP contribution in [0.4, 0.5) is 11.4 Å². The average Bonchev–Trinajstić information content (AvgIpc) is 3.13. The van der Waals surface area contributed by atoms with Crippen molar-refractivity contribution >= 4 is 28.9 Å². The number of rotatable bonds is 3. The zero-order valence-electron chi connectivity index (χ0n) is 14.2. The van der Waals surface area contributed by atoms with E-state index in [0.717, 1.165) is 29.9 Å². The van der Waals surface area contributed by atoms with Crippen molar-refractivity contribution in [3.63, 3.8) is 0 Å². The Morgan fingerprint density at radius 1 is 1.12 bits per heavy atom. The Kier molecular flexibility index (Phi) is 4.12. The molecule has 1 unspecified atom stereocenters. The van der Waals surface area contributed by atoms with Crippen molar-refractivity contribution in [2.45, 2.75) is 25.3 Å². The SMILES string of the molecule is NC(=O)C1CC(C(=O)N2CCCc3ncccc32)=NN1c1ccccc1. The monoisotopic (exact) mass is 349 g/mol. The molecular formula is C19H19N5O2. The summed E-state index contributed by atoms with van der Waals surface area (Å²) in [7, 11) is 0. The highest BCUT2D eigenvalue weighted by atomic mass is 16.2. The van der Waals surface area contributed by atoms with Crippen LogP contribution in [0.25, 0.3) is 0 Å². The van der Waals surface area contributed by atoms with Gasteiger partial charge in [0.1, 0.15) is 11.8 Å². The van der Waals surface area contributed by atoms with Crippen LogP contribution in [0.15, 0.2) is 53.8 Å². The van der Waals surface area contributed by atoms with E-state index >= 15 is 0 Å². The number of amides is 2. The number of fused-ring (bicyclic) bond motifs is 1. The van der Waals surface area contributed by atoms with Gasteiger partial charge in [0, 0.05) is 19.2 Å². The summed E-state index contributed by atoms with van der Waals surface area (Å²) in [6, 6.07) is 12.3. The third kappa shape index (κ3) is 2.81. The number of hydrazone groups is 1. The van der Waals surface area contributed by atoms with Crippen molar-refractivity contribution in [2.75, 3.05) is 16.5 Å². The molecule has 4 rings (SSSR count). The van der Waals surface area contributed by atoms with Gasteiger partial charge in [-0.05, 0) is 37.1 Å². The number of pyridine rings is 1. The molecule has 3 heterocycles. The average molecular weight is 349 g/mol. The number of hydrogen-bond acceptors (Lipinski definition) is 5. The second kappa shape index (κ2) is 6.59. The predicted octanol–water partition coefficient (Wildman–Crippen LogP) is 1.48. The van der Waals surface area contributed by atoms with E-state index in [1.54, 1.807) is 16.1 Å². The highest BCUT2D eigenvalue weighted by molar-refractivity contribution is 6.45. The normalized spacial score (nSPS) is 19.1. The van der Waals surface area contributed by atoms with E-state index < -0.39 is 11.9 Å². The minimum Gasteiger partial charge on any atom is -0.368 e. The van der Waals surface area contributed by atoms with Crippen molar-refractivity contribution in [3.05, 3.63) is 54.4 Å². The molecule has 26 heavy (non-hydrogen) atoms. The quantitative estimate of drug-likeness (QED) is 0.908. The van der Waals surface area contributed by atoms with E-state index in [-0.39, 0.29) is 12.3 Å². The molecule has 0 bridgehead atoms. The number of para-hydroxylation sites is 1. The second-order valence-electron chi connectivity index (χ2n) is 6.38. The first-order chi connectivity index (χ1) is 12.6. The Bertz CT molecular complexity index is 881. The molecule has 7 heteroatoms. The topological polar surface area (TPSA) is 91.9 Å². The molecule has 1 aromatic heterocycles. The maximum absolute atomic E-state index is 13.1. The van der Waals surface area contributed by atoms with E-state index in [1.165, 1.54) is 0 Å². The number of benzene rings is 1. The number of aromatic nitrogens is 1. The van der Waals surface area contributed by atoms with Crippen LogP contribution in [-0.2, 0) is 16.0 Å².